The van der Waals surface area contributed by atoms with Crippen LogP contribution in [0.3, 0.4) is 0 Å². The fourth-order valence-corrected chi connectivity index (χ4v) is 8.42. The Balaban J connectivity index is 1.39. The van der Waals surface area contributed by atoms with Crippen LogP contribution in [0.4, 0.5) is 4.79 Å². The van der Waals surface area contributed by atoms with Gasteiger partial charge in [0.1, 0.15) is 6.04 Å². The zero-order chi connectivity index (χ0) is 32.8. The summed E-state index contributed by atoms with van der Waals surface area (Å²) in [6.07, 6.45) is 5.59. The summed E-state index contributed by atoms with van der Waals surface area (Å²) in [6, 6.07) is 9.08. The van der Waals surface area contributed by atoms with Crippen molar-refractivity contribution < 1.29 is 19.2 Å². The van der Waals surface area contributed by atoms with Crippen molar-refractivity contribution in [3.8, 4) is 0 Å². The zero-order valence-electron chi connectivity index (χ0n) is 28.0. The lowest BCUT2D eigenvalue weighted by molar-refractivity contribution is -0.142. The summed E-state index contributed by atoms with van der Waals surface area (Å²) < 4.78 is 0. The van der Waals surface area contributed by atoms with Crippen molar-refractivity contribution in [3.63, 3.8) is 0 Å². The van der Waals surface area contributed by atoms with Gasteiger partial charge in [-0.25, -0.2) is 4.79 Å². The highest BCUT2D eigenvalue weighted by atomic mass is 32.2. The molecule has 1 aromatic carbocycles. The van der Waals surface area contributed by atoms with Gasteiger partial charge in [0.15, 0.2) is 0 Å². The van der Waals surface area contributed by atoms with Crippen molar-refractivity contribution in [1.82, 2.24) is 31.1 Å². The average molecular weight is 643 g/mol. The first-order valence-electron chi connectivity index (χ1n) is 16.6. The van der Waals surface area contributed by atoms with E-state index in [9.17, 15) is 19.2 Å². The highest BCUT2D eigenvalue weighted by molar-refractivity contribution is 8.00. The van der Waals surface area contributed by atoms with E-state index in [1.54, 1.807) is 14.0 Å². The first kappa shape index (κ1) is 35.1. The highest BCUT2D eigenvalue weighted by Crippen LogP contribution is 2.39. The Kier molecular flexibility index (Phi) is 11.8. The van der Waals surface area contributed by atoms with Gasteiger partial charge in [-0.1, -0.05) is 57.5 Å². The van der Waals surface area contributed by atoms with E-state index < -0.39 is 17.5 Å². The Morgan fingerprint density at radius 2 is 1.91 bits per heavy atom. The predicted molar refractivity (Wildman–Crippen MR) is 180 cm³/mol. The summed E-state index contributed by atoms with van der Waals surface area (Å²) in [5.41, 5.74) is 0.515. The Hall–Kier alpha value is -2.79. The van der Waals surface area contributed by atoms with Gasteiger partial charge in [-0.3, -0.25) is 14.4 Å². The van der Waals surface area contributed by atoms with Crippen molar-refractivity contribution in [2.24, 2.45) is 5.41 Å². The number of carbonyl (C=O) groups excluding carboxylic acids is 4. The number of nitrogens with zero attached hydrogens (tertiary/aromatic N) is 2. The number of thioether (sulfide) groups is 1. The van der Waals surface area contributed by atoms with E-state index in [1.807, 2.05) is 60.5 Å². The van der Waals surface area contributed by atoms with Crippen LogP contribution in [0, 0.1) is 5.41 Å². The molecule has 0 aromatic heterocycles. The molecule has 0 spiro atoms. The quantitative estimate of drug-likeness (QED) is 0.183. The maximum absolute atomic E-state index is 14.0. The minimum absolute atomic E-state index is 0.0772. The molecule has 11 heteroatoms. The number of fused-ring (bicyclic) bond motifs is 1. The smallest absolute Gasteiger partial charge is 0.315 e. The number of likely N-dealkylation sites (tertiary alicyclic amines) is 1. The van der Waals surface area contributed by atoms with Crippen LogP contribution in [0.1, 0.15) is 78.7 Å². The van der Waals surface area contributed by atoms with Gasteiger partial charge in [0, 0.05) is 43.1 Å². The number of likely N-dealkylation sites (N-methyl/N-ethyl adjacent to an activating group) is 1. The molecule has 1 aromatic rings. The van der Waals surface area contributed by atoms with Crippen LogP contribution in [-0.4, -0.2) is 101 Å². The van der Waals surface area contributed by atoms with Gasteiger partial charge in [-0.05, 0) is 64.0 Å². The number of rotatable bonds is 14. The molecule has 5 amide bonds. The largest absolute Gasteiger partial charge is 0.342 e. The summed E-state index contributed by atoms with van der Waals surface area (Å²) in [7, 11) is 1.73. The summed E-state index contributed by atoms with van der Waals surface area (Å²) in [4.78, 5) is 56.3. The molecule has 0 radical (unpaired) electrons. The van der Waals surface area contributed by atoms with Crippen LogP contribution in [0.15, 0.2) is 30.3 Å². The fraction of sp³-hybridized carbons (Fsp3) is 0.706. The molecule has 4 N–H and O–H groups in total. The maximum atomic E-state index is 14.0. The molecule has 4 rings (SSSR count). The zero-order valence-corrected chi connectivity index (χ0v) is 28.8. The van der Waals surface area contributed by atoms with E-state index in [4.69, 9.17) is 0 Å². The Morgan fingerprint density at radius 3 is 2.60 bits per heavy atom. The number of benzene rings is 1. The number of nitrogens with one attached hydrogen (secondary N) is 4. The predicted octanol–water partition coefficient (Wildman–Crippen LogP) is 3.30. The van der Waals surface area contributed by atoms with Gasteiger partial charge >= 0.3 is 6.03 Å². The van der Waals surface area contributed by atoms with Crippen molar-refractivity contribution in [3.05, 3.63) is 35.9 Å². The monoisotopic (exact) mass is 642 g/mol. The lowest BCUT2D eigenvalue weighted by Crippen LogP contribution is -2.59. The van der Waals surface area contributed by atoms with Crippen LogP contribution >= 0.6 is 11.8 Å². The van der Waals surface area contributed by atoms with Gasteiger partial charge in [-0.15, -0.1) is 0 Å². The minimum Gasteiger partial charge on any atom is -0.342 e. The normalized spacial score (nSPS) is 25.7. The van der Waals surface area contributed by atoms with Crippen molar-refractivity contribution in [2.45, 2.75) is 115 Å². The topological polar surface area (TPSA) is 123 Å². The second-order valence-corrected chi connectivity index (χ2v) is 15.5. The van der Waals surface area contributed by atoms with E-state index in [2.05, 4.69) is 40.3 Å². The molecule has 250 valence electrons. The first-order chi connectivity index (χ1) is 21.3. The summed E-state index contributed by atoms with van der Waals surface area (Å²) >= 11 is 1.90. The van der Waals surface area contributed by atoms with E-state index >= 15 is 0 Å². The number of hydrogen-bond acceptors (Lipinski definition) is 6. The van der Waals surface area contributed by atoms with Gasteiger partial charge in [0.25, 0.3) is 0 Å². The van der Waals surface area contributed by atoms with Crippen LogP contribution < -0.4 is 21.3 Å². The Morgan fingerprint density at radius 1 is 1.18 bits per heavy atom. The van der Waals surface area contributed by atoms with E-state index in [-0.39, 0.29) is 41.4 Å². The van der Waals surface area contributed by atoms with Gasteiger partial charge < -0.3 is 31.1 Å². The van der Waals surface area contributed by atoms with Gasteiger partial charge in [-0.2, -0.15) is 11.8 Å². The molecule has 45 heavy (non-hydrogen) atoms. The molecule has 3 fully saturated rings. The summed E-state index contributed by atoms with van der Waals surface area (Å²) in [6.45, 7) is 11.5. The summed E-state index contributed by atoms with van der Waals surface area (Å²) in [5, 5.41) is 12.5. The second kappa shape index (κ2) is 15.2. The molecule has 1 unspecified atom stereocenters. The van der Waals surface area contributed by atoms with Crippen LogP contribution in [0.25, 0.3) is 0 Å². The van der Waals surface area contributed by atoms with Crippen molar-refractivity contribution >= 4 is 35.5 Å². The molecule has 0 saturated carbocycles. The van der Waals surface area contributed by atoms with E-state index in [1.165, 1.54) is 5.56 Å². The standard InChI is InChI=1S/C34H54N6O4S/c1-23(35-6)30(42)36-29(33(2,3)4)31(43)40-19-12-15-25(40)21-39(20-18-24-13-8-7-9-14-24)27(41)17-11-10-16-26-28-34(5,22-45-26)38-32(44)37-28/h7-9,13-14,23,25-26,28-29,35H,10-12,15-22H2,1-6H3,(H,36,42)(H2,37,38,44)/t23-,25-,26?,28+,29+,34-/m0/s1. The third kappa shape index (κ3) is 8.93. The molecular formula is C34H54N6O4S. The molecular weight excluding hydrogens is 588 g/mol. The molecule has 0 bridgehead atoms. The van der Waals surface area contributed by atoms with Crippen molar-refractivity contribution in [1.29, 1.82) is 0 Å². The number of carbonyl (C=O) groups is 4. The fourth-order valence-electron chi connectivity index (χ4n) is 6.72. The molecule has 3 saturated heterocycles. The lowest BCUT2D eigenvalue weighted by Gasteiger charge is -2.37. The summed E-state index contributed by atoms with van der Waals surface area (Å²) in [5.74, 6) is 0.742. The molecule has 3 aliphatic heterocycles. The SMILES string of the molecule is CN[C@@H](C)C(=O)N[C@H](C(=O)N1CCC[C@H]1CN(CCc1ccccc1)C(=O)CCCCC1SC[C@]2(C)NC(=O)N[C@H]12)C(C)(C)C. The van der Waals surface area contributed by atoms with Crippen LogP contribution in [-0.2, 0) is 20.8 Å². The molecule has 3 heterocycles. The number of hydrogen-bond donors (Lipinski definition) is 4. The lowest BCUT2D eigenvalue weighted by atomic mass is 9.85. The molecule has 10 nitrogen and oxygen atoms in total. The number of urea groups is 1. The Labute approximate surface area is 273 Å². The Bertz CT molecular complexity index is 1190. The van der Waals surface area contributed by atoms with Crippen LogP contribution in [0.2, 0.25) is 0 Å². The molecule has 0 aliphatic carbocycles. The van der Waals surface area contributed by atoms with Crippen LogP contribution in [0.5, 0.6) is 0 Å². The number of amides is 5. The van der Waals surface area contributed by atoms with E-state index in [0.29, 0.717) is 31.3 Å². The van der Waals surface area contributed by atoms with Gasteiger partial charge in [0.05, 0.1) is 17.6 Å². The number of unbranched alkanes of at least 4 members (excludes halogenated alkanes) is 1. The minimum atomic E-state index is -0.662. The molecule has 3 aliphatic rings. The highest BCUT2D eigenvalue weighted by Gasteiger charge is 2.51. The second-order valence-electron chi connectivity index (χ2n) is 14.3. The van der Waals surface area contributed by atoms with Crippen molar-refractivity contribution in [2.75, 3.05) is 32.4 Å². The van der Waals surface area contributed by atoms with E-state index in [0.717, 1.165) is 44.3 Å². The molecule has 6 atom stereocenters. The average Bonchev–Trinajstić information content (AvgIpc) is 3.67. The third-order valence-electron chi connectivity index (χ3n) is 9.65. The first-order valence-corrected chi connectivity index (χ1v) is 17.7. The maximum Gasteiger partial charge on any atom is 0.315 e. The third-order valence-corrected chi connectivity index (χ3v) is 11.4. The van der Waals surface area contributed by atoms with Gasteiger partial charge in [0.2, 0.25) is 17.7 Å².